The molecule has 0 aromatic rings. The van der Waals surface area contributed by atoms with Crippen molar-refractivity contribution in [1.29, 1.82) is 0 Å². The molecule has 0 heterocycles. The Morgan fingerprint density at radius 3 is 2.23 bits per heavy atom. The van der Waals surface area contributed by atoms with E-state index in [1.165, 1.54) is 0 Å². The van der Waals surface area contributed by atoms with E-state index in [0.717, 1.165) is 12.7 Å². The van der Waals surface area contributed by atoms with Crippen molar-refractivity contribution in [3.8, 4) is 0 Å². The average Bonchev–Trinajstić information content (AvgIpc) is 1.79. The summed E-state index contributed by atoms with van der Waals surface area (Å²) in [5.41, 5.74) is -0.110. The molecule has 1 saturated carbocycles. The summed E-state index contributed by atoms with van der Waals surface area (Å²) in [7, 11) is 0. The van der Waals surface area contributed by atoms with Crippen molar-refractivity contribution in [3.63, 3.8) is 0 Å². The lowest BCUT2D eigenvalue weighted by Crippen LogP contribution is -2.43. The zero-order valence-corrected chi connectivity index (χ0v) is 8.89. The minimum absolute atomic E-state index is 0.0556. The Hall–Kier alpha value is -0.660. The van der Waals surface area contributed by atoms with Crippen LogP contribution in [-0.2, 0) is 9.59 Å². The van der Waals surface area contributed by atoms with Gasteiger partial charge in [-0.05, 0) is 17.3 Å². The highest BCUT2D eigenvalue weighted by atomic mass is 16.1. The first-order valence-electron chi connectivity index (χ1n) is 4.76. The average molecular weight is 182 g/mol. The number of hydrogen-bond acceptors (Lipinski definition) is 2. The van der Waals surface area contributed by atoms with Crippen LogP contribution in [-0.4, -0.2) is 12.1 Å². The third-order valence-electron chi connectivity index (χ3n) is 2.91. The molecule has 74 valence electrons. The fourth-order valence-electron chi connectivity index (χ4n) is 2.68. The first-order chi connectivity index (χ1) is 5.78. The predicted molar refractivity (Wildman–Crippen MR) is 51.4 cm³/mol. The summed E-state index contributed by atoms with van der Waals surface area (Å²) >= 11 is 0. The van der Waals surface area contributed by atoms with Crippen LogP contribution in [0.1, 0.15) is 40.5 Å². The number of rotatable bonds is 1. The Labute approximate surface area is 79.7 Å². The monoisotopic (exact) mass is 182 g/mol. The van der Waals surface area contributed by atoms with Gasteiger partial charge in [-0.15, -0.1) is 0 Å². The standard InChI is InChI=1S/C11H18O2/c1-10(2)5-9(13)8(6-12)11(3,4)7-10/h6,8H,5,7H2,1-4H3. The molecule has 0 amide bonds. The summed E-state index contributed by atoms with van der Waals surface area (Å²) < 4.78 is 0. The Bertz CT molecular complexity index is 238. The molecule has 0 aliphatic heterocycles. The fraction of sp³-hybridized carbons (Fsp3) is 0.818. The van der Waals surface area contributed by atoms with E-state index >= 15 is 0 Å². The van der Waals surface area contributed by atoms with E-state index in [1.54, 1.807) is 0 Å². The van der Waals surface area contributed by atoms with Crippen molar-refractivity contribution in [3.05, 3.63) is 0 Å². The number of carbonyl (C=O) groups excluding carboxylic acids is 2. The molecule has 0 spiro atoms. The van der Waals surface area contributed by atoms with Crippen LogP contribution in [0.5, 0.6) is 0 Å². The lowest BCUT2D eigenvalue weighted by molar-refractivity contribution is -0.138. The van der Waals surface area contributed by atoms with Crippen LogP contribution in [0.3, 0.4) is 0 Å². The van der Waals surface area contributed by atoms with Crippen molar-refractivity contribution >= 4 is 12.1 Å². The van der Waals surface area contributed by atoms with E-state index in [4.69, 9.17) is 0 Å². The van der Waals surface area contributed by atoms with Crippen LogP contribution in [0.4, 0.5) is 0 Å². The van der Waals surface area contributed by atoms with E-state index in [9.17, 15) is 9.59 Å². The maximum Gasteiger partial charge on any atom is 0.144 e. The Kier molecular flexibility index (Phi) is 2.35. The number of ketones is 1. The summed E-state index contributed by atoms with van der Waals surface area (Å²) in [6.45, 7) is 8.19. The van der Waals surface area contributed by atoms with Crippen LogP contribution in [0, 0.1) is 16.7 Å². The van der Waals surface area contributed by atoms with Gasteiger partial charge in [0.1, 0.15) is 12.1 Å². The summed E-state index contributed by atoms with van der Waals surface area (Å²) in [5, 5.41) is 0. The van der Waals surface area contributed by atoms with Gasteiger partial charge in [-0.1, -0.05) is 27.7 Å². The van der Waals surface area contributed by atoms with Crippen LogP contribution in [0.25, 0.3) is 0 Å². The lowest BCUT2D eigenvalue weighted by atomic mass is 9.60. The van der Waals surface area contributed by atoms with Crippen LogP contribution >= 0.6 is 0 Å². The van der Waals surface area contributed by atoms with Crippen molar-refractivity contribution in [2.24, 2.45) is 16.7 Å². The summed E-state index contributed by atoms with van der Waals surface area (Å²) in [4.78, 5) is 22.4. The second kappa shape index (κ2) is 2.93. The SMILES string of the molecule is CC1(C)CC(=O)C(C=O)C(C)(C)C1. The maximum atomic E-state index is 11.6. The molecule has 0 radical (unpaired) electrons. The summed E-state index contributed by atoms with van der Waals surface area (Å²) in [5.74, 6) is -0.281. The minimum atomic E-state index is -0.388. The van der Waals surface area contributed by atoms with Crippen molar-refractivity contribution in [2.45, 2.75) is 40.5 Å². The molecule has 2 heteroatoms. The summed E-state index contributed by atoms with van der Waals surface area (Å²) in [6, 6.07) is 0. The van der Waals surface area contributed by atoms with E-state index in [-0.39, 0.29) is 22.5 Å². The van der Waals surface area contributed by atoms with Crippen LogP contribution in [0.15, 0.2) is 0 Å². The van der Waals surface area contributed by atoms with Gasteiger partial charge in [0.25, 0.3) is 0 Å². The first kappa shape index (κ1) is 10.4. The van der Waals surface area contributed by atoms with Crippen molar-refractivity contribution in [2.75, 3.05) is 0 Å². The topological polar surface area (TPSA) is 34.1 Å². The molecule has 0 bridgehead atoms. The predicted octanol–water partition coefficient (Wildman–Crippen LogP) is 2.22. The lowest BCUT2D eigenvalue weighted by Gasteiger charge is -2.43. The summed E-state index contributed by atoms with van der Waals surface area (Å²) in [6.07, 6.45) is 2.30. The van der Waals surface area contributed by atoms with E-state index in [1.807, 2.05) is 13.8 Å². The van der Waals surface area contributed by atoms with Crippen molar-refractivity contribution < 1.29 is 9.59 Å². The van der Waals surface area contributed by atoms with Gasteiger partial charge >= 0.3 is 0 Å². The van der Waals surface area contributed by atoms with Crippen LogP contribution < -0.4 is 0 Å². The van der Waals surface area contributed by atoms with Gasteiger partial charge in [0, 0.05) is 6.42 Å². The molecule has 1 aliphatic rings. The first-order valence-corrected chi connectivity index (χ1v) is 4.76. The third kappa shape index (κ3) is 1.98. The normalized spacial score (nSPS) is 31.4. The number of carbonyl (C=O) groups is 2. The molecule has 0 aromatic carbocycles. The van der Waals surface area contributed by atoms with Gasteiger partial charge in [-0.3, -0.25) is 4.79 Å². The smallest absolute Gasteiger partial charge is 0.144 e. The maximum absolute atomic E-state index is 11.6. The zero-order chi connectivity index (χ0) is 10.3. The molecule has 0 N–H and O–H groups in total. The van der Waals surface area contributed by atoms with Gasteiger partial charge < -0.3 is 4.79 Å². The molecule has 13 heavy (non-hydrogen) atoms. The van der Waals surface area contributed by atoms with Gasteiger partial charge in [0.05, 0.1) is 5.92 Å². The second-order valence-electron chi connectivity index (χ2n) is 5.59. The molecule has 2 nitrogen and oxygen atoms in total. The Morgan fingerprint density at radius 2 is 1.85 bits per heavy atom. The molecule has 1 fully saturated rings. The Balaban J connectivity index is 2.95. The van der Waals surface area contributed by atoms with Crippen LogP contribution in [0.2, 0.25) is 0 Å². The third-order valence-corrected chi connectivity index (χ3v) is 2.91. The molecule has 1 unspecified atom stereocenters. The molecular formula is C11H18O2. The van der Waals surface area contributed by atoms with E-state index in [2.05, 4.69) is 13.8 Å². The van der Waals surface area contributed by atoms with Gasteiger partial charge in [-0.25, -0.2) is 0 Å². The fourth-order valence-corrected chi connectivity index (χ4v) is 2.68. The largest absolute Gasteiger partial charge is 0.303 e. The molecule has 0 saturated heterocycles. The highest BCUT2D eigenvalue weighted by Crippen LogP contribution is 2.46. The Morgan fingerprint density at radius 1 is 1.31 bits per heavy atom. The second-order valence-corrected chi connectivity index (χ2v) is 5.59. The number of aldehydes is 1. The molecule has 1 atom stereocenters. The highest BCUT2D eigenvalue weighted by Gasteiger charge is 2.45. The quantitative estimate of drug-likeness (QED) is 0.460. The molecule has 1 aliphatic carbocycles. The van der Waals surface area contributed by atoms with E-state index in [0.29, 0.717) is 6.42 Å². The van der Waals surface area contributed by atoms with Gasteiger partial charge in [0.2, 0.25) is 0 Å². The molecular weight excluding hydrogens is 164 g/mol. The van der Waals surface area contributed by atoms with Gasteiger partial charge in [0.15, 0.2) is 0 Å². The van der Waals surface area contributed by atoms with Crippen molar-refractivity contribution in [1.82, 2.24) is 0 Å². The number of Topliss-reactive ketones (excluding diaryl/α,β-unsaturated/α-hetero) is 1. The minimum Gasteiger partial charge on any atom is -0.303 e. The zero-order valence-electron chi connectivity index (χ0n) is 8.89. The molecule has 0 aromatic heterocycles. The highest BCUT2D eigenvalue weighted by molar-refractivity contribution is 5.95. The van der Waals surface area contributed by atoms with Gasteiger partial charge in [-0.2, -0.15) is 0 Å². The molecule has 1 rings (SSSR count). The number of hydrogen-bond donors (Lipinski definition) is 0. The van der Waals surface area contributed by atoms with E-state index < -0.39 is 0 Å².